The Kier molecular flexibility index (Phi) is 7.19. The van der Waals surface area contributed by atoms with Gasteiger partial charge in [-0.15, -0.1) is 0 Å². The van der Waals surface area contributed by atoms with Crippen LogP contribution in [0.2, 0.25) is 0 Å². The van der Waals surface area contributed by atoms with E-state index in [1.807, 2.05) is 24.3 Å². The highest BCUT2D eigenvalue weighted by atomic mass is 16.5. The molecule has 2 unspecified atom stereocenters. The van der Waals surface area contributed by atoms with Crippen LogP contribution in [-0.2, 0) is 11.2 Å². The highest BCUT2D eigenvalue weighted by molar-refractivity contribution is 5.90. The van der Waals surface area contributed by atoms with E-state index in [1.54, 1.807) is 19.2 Å². The number of para-hydroxylation sites is 1. The lowest BCUT2D eigenvalue weighted by Gasteiger charge is -2.33. The van der Waals surface area contributed by atoms with E-state index in [4.69, 9.17) is 14.2 Å². The van der Waals surface area contributed by atoms with Crippen molar-refractivity contribution in [3.05, 3.63) is 107 Å². The maximum Gasteiger partial charge on any atom is 0.337 e. The number of esters is 1. The molecule has 5 nitrogen and oxygen atoms in total. The van der Waals surface area contributed by atoms with Crippen molar-refractivity contribution in [1.82, 2.24) is 5.32 Å². The fraction of sp³-hybridized carbons (Fsp3) is 0.258. The van der Waals surface area contributed by atoms with Crippen LogP contribution in [0.3, 0.4) is 0 Å². The predicted molar refractivity (Wildman–Crippen MR) is 142 cm³/mol. The number of carbonyl (C=O) groups excluding carboxylic acids is 1. The molecular weight excluding hydrogens is 450 g/mol. The molecule has 4 aromatic carbocycles. The highest BCUT2D eigenvalue weighted by Crippen LogP contribution is 2.43. The second kappa shape index (κ2) is 10.8. The first-order valence-corrected chi connectivity index (χ1v) is 12.4. The van der Waals surface area contributed by atoms with Gasteiger partial charge in [-0.3, -0.25) is 0 Å². The summed E-state index contributed by atoms with van der Waals surface area (Å²) in [5, 5.41) is 6.20. The van der Waals surface area contributed by atoms with Gasteiger partial charge >= 0.3 is 5.97 Å². The van der Waals surface area contributed by atoms with Gasteiger partial charge in [0.25, 0.3) is 0 Å². The minimum atomic E-state index is -0.375. The number of nitrogens with one attached hydrogen (secondary N) is 1. The fourth-order valence-corrected chi connectivity index (χ4v) is 5.15. The number of ether oxygens (including phenoxy) is 3. The molecule has 1 aliphatic heterocycles. The van der Waals surface area contributed by atoms with Crippen molar-refractivity contribution >= 4 is 16.7 Å². The molecule has 0 saturated carbocycles. The van der Waals surface area contributed by atoms with Gasteiger partial charge in [0.2, 0.25) is 0 Å². The summed E-state index contributed by atoms with van der Waals surface area (Å²) < 4.78 is 17.0. The quantitative estimate of drug-likeness (QED) is 0.257. The zero-order valence-electron chi connectivity index (χ0n) is 20.7. The normalized spacial score (nSPS) is 16.7. The second-order valence-corrected chi connectivity index (χ2v) is 9.11. The summed E-state index contributed by atoms with van der Waals surface area (Å²) in [6.45, 7) is 1.62. The van der Waals surface area contributed by atoms with Crippen LogP contribution in [-0.4, -0.2) is 39.4 Å². The largest absolute Gasteiger partial charge is 0.496 e. The van der Waals surface area contributed by atoms with Crippen LogP contribution < -0.4 is 14.8 Å². The third-order valence-electron chi connectivity index (χ3n) is 6.94. The Morgan fingerprint density at radius 2 is 1.75 bits per heavy atom. The van der Waals surface area contributed by atoms with Gasteiger partial charge in [-0.1, -0.05) is 66.7 Å². The number of hydrogen-bond donors (Lipinski definition) is 1. The molecule has 0 aromatic heterocycles. The zero-order valence-corrected chi connectivity index (χ0v) is 20.7. The lowest BCUT2D eigenvalue weighted by molar-refractivity contribution is 0.0600. The molecule has 0 amide bonds. The third-order valence-corrected chi connectivity index (χ3v) is 6.94. The first kappa shape index (κ1) is 23.9. The van der Waals surface area contributed by atoms with Crippen molar-refractivity contribution in [2.24, 2.45) is 0 Å². The summed E-state index contributed by atoms with van der Waals surface area (Å²) >= 11 is 0. The third kappa shape index (κ3) is 4.93. The lowest BCUT2D eigenvalue weighted by Crippen LogP contribution is -2.36. The molecule has 0 radical (unpaired) electrons. The Hall–Kier alpha value is -3.83. The topological polar surface area (TPSA) is 56.8 Å². The number of carbonyl (C=O) groups is 1. The molecule has 4 aromatic rings. The van der Waals surface area contributed by atoms with Crippen molar-refractivity contribution in [3.8, 4) is 11.5 Å². The summed E-state index contributed by atoms with van der Waals surface area (Å²) in [6.07, 6.45) is 1.78. The molecule has 184 valence electrons. The van der Waals surface area contributed by atoms with Crippen LogP contribution >= 0.6 is 0 Å². The van der Waals surface area contributed by atoms with Gasteiger partial charge in [0, 0.05) is 23.6 Å². The van der Waals surface area contributed by atoms with Crippen LogP contribution in [0.25, 0.3) is 10.8 Å². The van der Waals surface area contributed by atoms with Crippen LogP contribution in [0.4, 0.5) is 0 Å². The summed E-state index contributed by atoms with van der Waals surface area (Å²) in [4.78, 5) is 12.0. The van der Waals surface area contributed by atoms with Crippen LogP contribution in [0.15, 0.2) is 84.9 Å². The van der Waals surface area contributed by atoms with E-state index < -0.39 is 0 Å². The molecule has 1 N–H and O–H groups in total. The minimum Gasteiger partial charge on any atom is -0.496 e. The van der Waals surface area contributed by atoms with Crippen molar-refractivity contribution in [2.75, 3.05) is 27.3 Å². The molecular formula is C31H31NO4. The minimum absolute atomic E-state index is 0.0161. The molecule has 5 rings (SSSR count). The number of fused-ring (bicyclic) bond motifs is 2. The van der Waals surface area contributed by atoms with E-state index in [-0.39, 0.29) is 18.0 Å². The van der Waals surface area contributed by atoms with E-state index in [0.29, 0.717) is 11.3 Å². The van der Waals surface area contributed by atoms with E-state index in [1.165, 1.54) is 23.4 Å². The maximum atomic E-state index is 12.0. The van der Waals surface area contributed by atoms with E-state index >= 15 is 0 Å². The molecule has 5 heteroatoms. The zero-order chi connectivity index (χ0) is 24.9. The van der Waals surface area contributed by atoms with Crippen molar-refractivity contribution < 1.29 is 19.0 Å². The van der Waals surface area contributed by atoms with Gasteiger partial charge in [0.15, 0.2) is 0 Å². The first-order valence-electron chi connectivity index (χ1n) is 12.4. The molecule has 0 bridgehead atoms. The summed E-state index contributed by atoms with van der Waals surface area (Å²) in [7, 11) is 3.02. The van der Waals surface area contributed by atoms with Gasteiger partial charge in [-0.05, 0) is 53.9 Å². The standard InChI is InChI=1S/C31H31NO4/c1-34-30-18-23(31(33)35-2)14-15-27(30)28-19-24(36-29-13-6-5-12-26(28)29)20-32-17-16-22-10-7-9-21-8-3-4-11-25(21)22/h3-15,18,24,28,32H,16-17,19-20H2,1-2H3. The lowest BCUT2D eigenvalue weighted by atomic mass is 9.83. The second-order valence-electron chi connectivity index (χ2n) is 9.11. The van der Waals surface area contributed by atoms with Crippen molar-refractivity contribution in [1.29, 1.82) is 0 Å². The Morgan fingerprint density at radius 1 is 0.944 bits per heavy atom. The smallest absolute Gasteiger partial charge is 0.337 e. The molecule has 36 heavy (non-hydrogen) atoms. The van der Waals surface area contributed by atoms with Crippen LogP contribution in [0.5, 0.6) is 11.5 Å². The average Bonchev–Trinajstić information content (AvgIpc) is 2.94. The van der Waals surface area contributed by atoms with Crippen molar-refractivity contribution in [3.63, 3.8) is 0 Å². The predicted octanol–water partition coefficient (Wildman–Crippen LogP) is 5.75. The Labute approximate surface area is 212 Å². The maximum absolute atomic E-state index is 12.0. The number of methoxy groups -OCH3 is 2. The molecule has 0 spiro atoms. The number of rotatable bonds is 8. The Morgan fingerprint density at radius 3 is 2.61 bits per heavy atom. The van der Waals surface area contributed by atoms with E-state index in [0.717, 1.165) is 42.8 Å². The molecule has 0 aliphatic carbocycles. The SMILES string of the molecule is COC(=O)c1ccc(C2CC(CNCCc3cccc4ccccc34)Oc3ccccc32)c(OC)c1. The monoisotopic (exact) mass is 481 g/mol. The number of hydrogen-bond acceptors (Lipinski definition) is 5. The van der Waals surface area contributed by atoms with Crippen LogP contribution in [0, 0.1) is 0 Å². The van der Waals surface area contributed by atoms with E-state index in [2.05, 4.69) is 53.8 Å². The summed E-state index contributed by atoms with van der Waals surface area (Å²) in [6, 6.07) is 28.7. The first-order chi connectivity index (χ1) is 17.7. The van der Waals surface area contributed by atoms with Gasteiger partial charge in [0.1, 0.15) is 17.6 Å². The highest BCUT2D eigenvalue weighted by Gasteiger charge is 2.31. The molecule has 0 saturated heterocycles. The molecule has 2 atom stereocenters. The van der Waals surface area contributed by atoms with Gasteiger partial charge in [-0.25, -0.2) is 4.79 Å². The summed E-state index contributed by atoms with van der Waals surface area (Å²) in [5.41, 5.74) is 4.00. The number of benzene rings is 4. The molecule has 0 fully saturated rings. The summed E-state index contributed by atoms with van der Waals surface area (Å²) in [5.74, 6) is 1.30. The molecule has 1 aliphatic rings. The van der Waals surface area contributed by atoms with Gasteiger partial charge in [0.05, 0.1) is 19.8 Å². The van der Waals surface area contributed by atoms with Crippen LogP contribution in [0.1, 0.15) is 39.4 Å². The van der Waals surface area contributed by atoms with Gasteiger partial charge < -0.3 is 19.5 Å². The molecule has 1 heterocycles. The fourth-order valence-electron chi connectivity index (χ4n) is 5.15. The van der Waals surface area contributed by atoms with Gasteiger partial charge in [-0.2, -0.15) is 0 Å². The van der Waals surface area contributed by atoms with Crippen molar-refractivity contribution in [2.45, 2.75) is 24.9 Å². The Bertz CT molecular complexity index is 1360. The Balaban J connectivity index is 1.31. The average molecular weight is 482 g/mol. The van der Waals surface area contributed by atoms with E-state index in [9.17, 15) is 4.79 Å².